The second-order valence-electron chi connectivity index (χ2n) is 5.72. The Hall–Kier alpha value is -3.51. The maximum atomic E-state index is 13.0. The zero-order chi connectivity index (χ0) is 18.6. The number of rotatable bonds is 5. The van der Waals surface area contributed by atoms with Crippen LogP contribution in [0.3, 0.4) is 0 Å². The second-order valence-corrected chi connectivity index (χ2v) is 6.72. The monoisotopic (exact) mass is 374 g/mol. The first-order valence-electron chi connectivity index (χ1n) is 8.22. The maximum Gasteiger partial charge on any atom is 0.260 e. The van der Waals surface area contributed by atoms with Gasteiger partial charge >= 0.3 is 0 Å². The summed E-state index contributed by atoms with van der Waals surface area (Å²) in [5.41, 5.74) is 2.34. The molecular weight excluding hydrogens is 360 g/mol. The van der Waals surface area contributed by atoms with E-state index in [1.165, 1.54) is 12.5 Å². The summed E-state index contributed by atoms with van der Waals surface area (Å²) in [7, 11) is 0. The number of nitrogens with zero attached hydrogens (tertiary/aromatic N) is 1. The Labute approximate surface area is 159 Å². The van der Waals surface area contributed by atoms with Crippen LogP contribution in [0.25, 0.3) is 11.3 Å². The van der Waals surface area contributed by atoms with E-state index in [0.29, 0.717) is 26.8 Å². The number of ketones is 1. The van der Waals surface area contributed by atoms with E-state index in [0.717, 1.165) is 16.9 Å². The number of anilines is 1. The topological polar surface area (TPSA) is 72.2 Å². The Morgan fingerprint density at radius 1 is 0.889 bits per heavy atom. The number of hydrogen-bond acceptors (Lipinski definition) is 5. The summed E-state index contributed by atoms with van der Waals surface area (Å²) in [6.45, 7) is 0. The molecule has 0 aliphatic carbocycles. The van der Waals surface area contributed by atoms with Gasteiger partial charge in [0.1, 0.15) is 11.1 Å². The molecule has 0 aliphatic heterocycles. The summed E-state index contributed by atoms with van der Waals surface area (Å²) in [6.07, 6.45) is 2.79. The van der Waals surface area contributed by atoms with E-state index in [1.807, 2.05) is 48.5 Å². The smallest absolute Gasteiger partial charge is 0.260 e. The molecule has 1 N–H and O–H groups in total. The number of thiazole rings is 1. The summed E-state index contributed by atoms with van der Waals surface area (Å²) in [4.78, 5) is 30.3. The first-order valence-corrected chi connectivity index (χ1v) is 9.03. The van der Waals surface area contributed by atoms with Gasteiger partial charge in [0.2, 0.25) is 5.78 Å². The zero-order valence-electron chi connectivity index (χ0n) is 14.1. The van der Waals surface area contributed by atoms with Gasteiger partial charge in [-0.1, -0.05) is 72.0 Å². The SMILES string of the molecule is O=C(Nc1nc(-c2ccccc2)c(C(=O)c2ccccc2)s1)c1ccoc1. The van der Waals surface area contributed by atoms with Crippen LogP contribution in [0.1, 0.15) is 25.6 Å². The minimum atomic E-state index is -0.337. The van der Waals surface area contributed by atoms with Crippen molar-refractivity contribution in [2.75, 3.05) is 5.32 Å². The number of carbonyl (C=O) groups excluding carboxylic acids is 2. The molecule has 4 aromatic rings. The molecule has 0 bridgehead atoms. The van der Waals surface area contributed by atoms with Crippen molar-refractivity contribution in [1.82, 2.24) is 4.98 Å². The van der Waals surface area contributed by atoms with Gasteiger partial charge in [0.05, 0.1) is 17.5 Å². The molecule has 0 aliphatic rings. The molecular formula is C21H14N2O3S. The maximum absolute atomic E-state index is 13.0. The van der Waals surface area contributed by atoms with Crippen LogP contribution in [0.15, 0.2) is 83.7 Å². The van der Waals surface area contributed by atoms with Crippen LogP contribution in [-0.2, 0) is 0 Å². The molecule has 4 rings (SSSR count). The third-order valence-corrected chi connectivity index (χ3v) is 4.89. The summed E-state index contributed by atoms with van der Waals surface area (Å²) in [5, 5.41) is 3.10. The van der Waals surface area contributed by atoms with Gasteiger partial charge in [0, 0.05) is 11.1 Å². The lowest BCUT2D eigenvalue weighted by Crippen LogP contribution is -2.10. The van der Waals surface area contributed by atoms with Gasteiger partial charge in [-0.25, -0.2) is 4.98 Å². The Morgan fingerprint density at radius 3 is 2.26 bits per heavy atom. The zero-order valence-corrected chi connectivity index (χ0v) is 14.9. The fourth-order valence-corrected chi connectivity index (χ4v) is 3.55. The Balaban J connectivity index is 1.73. The quantitative estimate of drug-likeness (QED) is 0.505. The van der Waals surface area contributed by atoms with E-state index in [2.05, 4.69) is 10.3 Å². The minimum absolute atomic E-state index is 0.129. The lowest BCUT2D eigenvalue weighted by molar-refractivity contribution is 0.102. The van der Waals surface area contributed by atoms with Crippen molar-refractivity contribution in [3.63, 3.8) is 0 Å². The summed E-state index contributed by atoms with van der Waals surface area (Å²) < 4.78 is 4.94. The standard InChI is InChI=1S/C21H14N2O3S/c24-18(15-9-5-2-6-10-15)19-17(14-7-3-1-4-8-14)22-21(27-19)23-20(25)16-11-12-26-13-16/h1-13H,(H,22,23,25). The number of benzene rings is 2. The highest BCUT2D eigenvalue weighted by molar-refractivity contribution is 7.18. The number of amides is 1. The molecule has 5 nitrogen and oxygen atoms in total. The van der Waals surface area contributed by atoms with Gasteiger partial charge in [-0.3, -0.25) is 14.9 Å². The number of nitrogens with one attached hydrogen (secondary N) is 1. The van der Waals surface area contributed by atoms with Gasteiger partial charge in [0.25, 0.3) is 5.91 Å². The van der Waals surface area contributed by atoms with Crippen LogP contribution < -0.4 is 5.32 Å². The lowest BCUT2D eigenvalue weighted by atomic mass is 10.1. The van der Waals surface area contributed by atoms with E-state index in [-0.39, 0.29) is 11.7 Å². The van der Waals surface area contributed by atoms with E-state index < -0.39 is 0 Å². The van der Waals surface area contributed by atoms with Gasteiger partial charge < -0.3 is 4.42 Å². The molecule has 2 heterocycles. The van der Waals surface area contributed by atoms with Crippen LogP contribution in [0, 0.1) is 0 Å². The first kappa shape index (κ1) is 16.9. The number of carbonyl (C=O) groups is 2. The molecule has 2 aromatic heterocycles. The van der Waals surface area contributed by atoms with E-state index in [4.69, 9.17) is 4.42 Å². The highest BCUT2D eigenvalue weighted by Crippen LogP contribution is 2.33. The molecule has 0 saturated heterocycles. The third-order valence-electron chi connectivity index (χ3n) is 3.92. The molecule has 0 atom stereocenters. The highest BCUT2D eigenvalue weighted by Gasteiger charge is 2.22. The Morgan fingerprint density at radius 2 is 1.59 bits per heavy atom. The predicted molar refractivity (Wildman–Crippen MR) is 104 cm³/mol. The largest absolute Gasteiger partial charge is 0.472 e. The van der Waals surface area contributed by atoms with Crippen molar-refractivity contribution in [2.45, 2.75) is 0 Å². The van der Waals surface area contributed by atoms with E-state index in [9.17, 15) is 9.59 Å². The van der Waals surface area contributed by atoms with Crippen molar-refractivity contribution >= 4 is 28.2 Å². The van der Waals surface area contributed by atoms with Crippen LogP contribution in [-0.4, -0.2) is 16.7 Å². The fourth-order valence-electron chi connectivity index (χ4n) is 2.60. The van der Waals surface area contributed by atoms with Crippen molar-refractivity contribution in [1.29, 1.82) is 0 Å². The fraction of sp³-hybridized carbons (Fsp3) is 0. The first-order chi connectivity index (χ1) is 13.2. The molecule has 132 valence electrons. The average molecular weight is 374 g/mol. The molecule has 2 aromatic carbocycles. The van der Waals surface area contributed by atoms with Gasteiger partial charge in [-0.15, -0.1) is 0 Å². The van der Waals surface area contributed by atoms with Gasteiger partial charge in [-0.2, -0.15) is 0 Å². The van der Waals surface area contributed by atoms with Crippen LogP contribution in [0.5, 0.6) is 0 Å². The van der Waals surface area contributed by atoms with Crippen LogP contribution >= 0.6 is 11.3 Å². The van der Waals surface area contributed by atoms with Crippen molar-refractivity contribution in [3.8, 4) is 11.3 Å². The summed E-state index contributed by atoms with van der Waals surface area (Å²) >= 11 is 1.16. The Kier molecular flexibility index (Phi) is 4.63. The molecule has 0 radical (unpaired) electrons. The number of hydrogen-bond donors (Lipinski definition) is 1. The normalized spacial score (nSPS) is 10.5. The van der Waals surface area contributed by atoms with Gasteiger partial charge in [0.15, 0.2) is 5.13 Å². The summed E-state index contributed by atoms with van der Waals surface area (Å²) in [6, 6.07) is 20.0. The number of furan rings is 1. The molecule has 0 saturated carbocycles. The van der Waals surface area contributed by atoms with Crippen molar-refractivity contribution in [3.05, 3.63) is 95.3 Å². The molecule has 6 heteroatoms. The van der Waals surface area contributed by atoms with E-state index in [1.54, 1.807) is 18.2 Å². The minimum Gasteiger partial charge on any atom is -0.472 e. The average Bonchev–Trinajstić information content (AvgIpc) is 3.39. The van der Waals surface area contributed by atoms with Crippen LogP contribution in [0.4, 0.5) is 5.13 Å². The lowest BCUT2D eigenvalue weighted by Gasteiger charge is -2.02. The second kappa shape index (κ2) is 7.39. The Bertz CT molecular complexity index is 1070. The summed E-state index contributed by atoms with van der Waals surface area (Å²) in [5.74, 6) is -0.466. The van der Waals surface area contributed by atoms with E-state index >= 15 is 0 Å². The predicted octanol–water partition coefficient (Wildman–Crippen LogP) is 4.89. The van der Waals surface area contributed by atoms with Crippen LogP contribution in [0.2, 0.25) is 0 Å². The molecule has 0 fully saturated rings. The van der Waals surface area contributed by atoms with Gasteiger partial charge in [-0.05, 0) is 6.07 Å². The molecule has 0 unspecified atom stereocenters. The van der Waals surface area contributed by atoms with Crippen molar-refractivity contribution < 1.29 is 14.0 Å². The number of aromatic nitrogens is 1. The molecule has 1 amide bonds. The third kappa shape index (κ3) is 3.56. The molecule has 27 heavy (non-hydrogen) atoms. The highest BCUT2D eigenvalue weighted by atomic mass is 32.1. The van der Waals surface area contributed by atoms with Crippen molar-refractivity contribution in [2.24, 2.45) is 0 Å². The molecule has 0 spiro atoms.